The molecule has 1 aromatic rings. The average Bonchev–Trinajstić information content (AvgIpc) is 2.18. The zero-order chi connectivity index (χ0) is 10.6. The van der Waals surface area contributed by atoms with Crippen LogP contribution in [0.25, 0.3) is 0 Å². The molecule has 0 N–H and O–H groups in total. The van der Waals surface area contributed by atoms with E-state index in [1.54, 1.807) is 0 Å². The second-order valence-electron chi connectivity index (χ2n) is 2.59. The van der Waals surface area contributed by atoms with Crippen molar-refractivity contribution in [2.45, 2.75) is 12.8 Å². The summed E-state index contributed by atoms with van der Waals surface area (Å²) in [6, 6.07) is 2.65. The largest absolute Gasteiger partial charge is 0.469 e. The van der Waals surface area contributed by atoms with Gasteiger partial charge in [-0.3, -0.25) is 9.78 Å². The lowest BCUT2D eigenvalue weighted by molar-refractivity contribution is -0.139. The number of carbonyl (C=O) groups excluding carboxylic acids is 1. The minimum atomic E-state index is -2.62. The van der Waals surface area contributed by atoms with Crippen LogP contribution in [0, 0.1) is 0 Å². The number of nitrogens with zero attached hydrogens (tertiary/aromatic N) is 1. The van der Waals surface area contributed by atoms with Gasteiger partial charge in [0.05, 0.1) is 19.2 Å². The van der Waals surface area contributed by atoms with Crippen molar-refractivity contribution in [2.75, 3.05) is 7.11 Å². The van der Waals surface area contributed by atoms with Crippen LogP contribution in [0.15, 0.2) is 18.3 Å². The highest BCUT2D eigenvalue weighted by atomic mass is 19.3. The predicted molar refractivity (Wildman–Crippen MR) is 44.9 cm³/mol. The average molecular weight is 201 g/mol. The molecule has 0 radical (unpaired) electrons. The van der Waals surface area contributed by atoms with Gasteiger partial charge in [-0.15, -0.1) is 0 Å². The van der Waals surface area contributed by atoms with Crippen molar-refractivity contribution >= 4 is 5.97 Å². The molecule has 0 aliphatic heterocycles. The molecule has 0 aliphatic rings. The third kappa shape index (κ3) is 2.48. The van der Waals surface area contributed by atoms with Crippen LogP contribution in [-0.2, 0) is 16.0 Å². The molecule has 0 bridgehead atoms. The second kappa shape index (κ2) is 4.64. The first-order valence-electron chi connectivity index (χ1n) is 3.94. The molecule has 0 aliphatic carbocycles. The van der Waals surface area contributed by atoms with Gasteiger partial charge in [0, 0.05) is 11.8 Å². The van der Waals surface area contributed by atoms with Gasteiger partial charge in [0.1, 0.15) is 0 Å². The highest BCUT2D eigenvalue weighted by Gasteiger charge is 2.15. The summed E-state index contributed by atoms with van der Waals surface area (Å²) in [7, 11) is 1.20. The number of ether oxygens (including phenoxy) is 1. The number of methoxy groups -OCH3 is 1. The Balaban J connectivity index is 2.90. The molecule has 5 heteroatoms. The molecule has 0 saturated carbocycles. The lowest BCUT2D eigenvalue weighted by atomic mass is 10.1. The summed E-state index contributed by atoms with van der Waals surface area (Å²) in [6.45, 7) is 0. The van der Waals surface area contributed by atoms with E-state index in [1.807, 2.05) is 0 Å². The molecule has 0 atom stereocenters. The van der Waals surface area contributed by atoms with Crippen LogP contribution in [0.3, 0.4) is 0 Å². The molecule has 3 nitrogen and oxygen atoms in total. The summed E-state index contributed by atoms with van der Waals surface area (Å²) < 4.78 is 29.1. The van der Waals surface area contributed by atoms with Gasteiger partial charge < -0.3 is 4.74 Å². The Bertz CT molecular complexity index is 328. The Kier molecular flexibility index (Phi) is 3.50. The maximum absolute atomic E-state index is 12.4. The fourth-order valence-corrected chi connectivity index (χ4v) is 1.01. The maximum Gasteiger partial charge on any atom is 0.311 e. The van der Waals surface area contributed by atoms with E-state index in [4.69, 9.17) is 0 Å². The van der Waals surface area contributed by atoms with Crippen molar-refractivity contribution in [3.63, 3.8) is 0 Å². The van der Waals surface area contributed by atoms with Gasteiger partial charge in [-0.1, -0.05) is 0 Å². The van der Waals surface area contributed by atoms with E-state index in [1.165, 1.54) is 25.4 Å². The molecule has 0 spiro atoms. The summed E-state index contributed by atoms with van der Waals surface area (Å²) in [5.41, 5.74) is -0.160. The summed E-state index contributed by atoms with van der Waals surface area (Å²) in [6.07, 6.45) is -1.48. The van der Waals surface area contributed by atoms with Crippen LogP contribution < -0.4 is 0 Å². The van der Waals surface area contributed by atoms with Gasteiger partial charge in [-0.05, 0) is 12.1 Å². The van der Waals surface area contributed by atoms with Crippen molar-refractivity contribution in [1.82, 2.24) is 4.98 Å². The number of hydrogen-bond donors (Lipinski definition) is 0. The monoisotopic (exact) mass is 201 g/mol. The second-order valence-corrected chi connectivity index (χ2v) is 2.59. The van der Waals surface area contributed by atoms with Gasteiger partial charge >= 0.3 is 5.97 Å². The highest BCUT2D eigenvalue weighted by molar-refractivity contribution is 5.72. The molecule has 14 heavy (non-hydrogen) atoms. The van der Waals surface area contributed by atoms with Crippen LogP contribution in [0.2, 0.25) is 0 Å². The Morgan fingerprint density at radius 1 is 1.64 bits per heavy atom. The van der Waals surface area contributed by atoms with Crippen LogP contribution in [-0.4, -0.2) is 18.1 Å². The van der Waals surface area contributed by atoms with Gasteiger partial charge in [0.2, 0.25) is 0 Å². The molecule has 1 heterocycles. The zero-order valence-corrected chi connectivity index (χ0v) is 7.54. The normalized spacial score (nSPS) is 10.3. The number of aromatic nitrogens is 1. The lowest BCUT2D eigenvalue weighted by Gasteiger charge is -2.05. The Morgan fingerprint density at radius 2 is 2.36 bits per heavy atom. The number of rotatable bonds is 3. The van der Waals surface area contributed by atoms with E-state index in [0.717, 1.165) is 0 Å². The third-order valence-electron chi connectivity index (χ3n) is 1.70. The maximum atomic E-state index is 12.4. The van der Waals surface area contributed by atoms with E-state index < -0.39 is 12.4 Å². The number of esters is 1. The van der Waals surface area contributed by atoms with E-state index in [2.05, 4.69) is 9.72 Å². The smallest absolute Gasteiger partial charge is 0.311 e. The number of alkyl halides is 2. The molecule has 0 amide bonds. The number of halogens is 2. The lowest BCUT2D eigenvalue weighted by Crippen LogP contribution is -2.08. The minimum absolute atomic E-state index is 0.0642. The SMILES string of the molecule is COC(=O)Cc1ncccc1C(F)F. The van der Waals surface area contributed by atoms with Crippen molar-refractivity contribution in [2.24, 2.45) is 0 Å². The molecule has 0 aromatic carbocycles. The van der Waals surface area contributed by atoms with Crippen LogP contribution in [0.4, 0.5) is 8.78 Å². The summed E-state index contributed by atoms with van der Waals surface area (Å²) in [5, 5.41) is 0. The highest BCUT2D eigenvalue weighted by Crippen LogP contribution is 2.21. The molecule has 0 saturated heterocycles. The molecule has 1 aromatic heterocycles. The standard InChI is InChI=1S/C9H9F2NO2/c1-14-8(13)5-7-6(9(10)11)3-2-4-12-7/h2-4,9H,5H2,1H3. The van der Waals surface area contributed by atoms with E-state index >= 15 is 0 Å². The molecular weight excluding hydrogens is 192 g/mol. The summed E-state index contributed by atoms with van der Waals surface area (Å²) in [5.74, 6) is -0.578. The zero-order valence-electron chi connectivity index (χ0n) is 7.54. The van der Waals surface area contributed by atoms with E-state index in [9.17, 15) is 13.6 Å². The van der Waals surface area contributed by atoms with E-state index in [0.29, 0.717) is 0 Å². The molecule has 76 valence electrons. The fraction of sp³-hybridized carbons (Fsp3) is 0.333. The van der Waals surface area contributed by atoms with Crippen LogP contribution in [0.1, 0.15) is 17.7 Å². The Labute approximate surface area is 79.7 Å². The van der Waals surface area contributed by atoms with Crippen LogP contribution in [0.5, 0.6) is 0 Å². The van der Waals surface area contributed by atoms with Gasteiger partial charge in [0.25, 0.3) is 6.43 Å². The molecule has 0 fully saturated rings. The topological polar surface area (TPSA) is 39.2 Å². The molecule has 1 rings (SSSR count). The molecular formula is C9H9F2NO2. The van der Waals surface area contributed by atoms with Gasteiger partial charge in [0.15, 0.2) is 0 Å². The van der Waals surface area contributed by atoms with Crippen molar-refractivity contribution in [3.05, 3.63) is 29.6 Å². The van der Waals surface area contributed by atoms with Crippen molar-refractivity contribution < 1.29 is 18.3 Å². The van der Waals surface area contributed by atoms with E-state index in [-0.39, 0.29) is 17.7 Å². The number of carbonyl (C=O) groups is 1. The first-order chi connectivity index (χ1) is 6.65. The van der Waals surface area contributed by atoms with Crippen molar-refractivity contribution in [1.29, 1.82) is 0 Å². The first kappa shape index (κ1) is 10.6. The fourth-order valence-electron chi connectivity index (χ4n) is 1.01. The summed E-state index contributed by atoms with van der Waals surface area (Å²) in [4.78, 5) is 14.6. The third-order valence-corrected chi connectivity index (χ3v) is 1.70. The number of pyridine rings is 1. The quantitative estimate of drug-likeness (QED) is 0.699. The Morgan fingerprint density at radius 3 is 2.93 bits per heavy atom. The van der Waals surface area contributed by atoms with Gasteiger partial charge in [-0.25, -0.2) is 8.78 Å². The summed E-state index contributed by atoms with van der Waals surface area (Å²) >= 11 is 0. The molecule has 0 unspecified atom stereocenters. The first-order valence-corrected chi connectivity index (χ1v) is 3.94. The van der Waals surface area contributed by atoms with Crippen molar-refractivity contribution in [3.8, 4) is 0 Å². The number of hydrogen-bond acceptors (Lipinski definition) is 3. The van der Waals surface area contributed by atoms with Gasteiger partial charge in [-0.2, -0.15) is 0 Å². The predicted octanol–water partition coefficient (Wildman–Crippen LogP) is 1.73. The minimum Gasteiger partial charge on any atom is -0.469 e. The Hall–Kier alpha value is -1.52. The van der Waals surface area contributed by atoms with Crippen LogP contribution >= 0.6 is 0 Å².